The van der Waals surface area contributed by atoms with Crippen LogP contribution < -0.4 is 5.32 Å². The summed E-state index contributed by atoms with van der Waals surface area (Å²) in [5.41, 5.74) is 1.71. The van der Waals surface area contributed by atoms with Gasteiger partial charge in [0.05, 0.1) is 24.6 Å². The van der Waals surface area contributed by atoms with Crippen LogP contribution in [0.1, 0.15) is 12.5 Å². The summed E-state index contributed by atoms with van der Waals surface area (Å²) in [6, 6.07) is 0. The molecule has 2 aromatic heterocycles. The van der Waals surface area contributed by atoms with Gasteiger partial charge in [0.1, 0.15) is 5.88 Å². The van der Waals surface area contributed by atoms with Gasteiger partial charge in [-0.1, -0.05) is 0 Å². The van der Waals surface area contributed by atoms with Gasteiger partial charge in [0, 0.05) is 24.5 Å². The van der Waals surface area contributed by atoms with Crippen molar-refractivity contribution in [1.29, 1.82) is 0 Å². The number of hydrogen-bond donors (Lipinski definition) is 1. The number of aromatic nitrogens is 4. The topological polar surface area (TPSA) is 64.7 Å². The minimum atomic E-state index is -0.241. The first-order chi connectivity index (χ1) is 8.71. The van der Waals surface area contributed by atoms with E-state index in [0.717, 1.165) is 12.1 Å². The van der Waals surface area contributed by atoms with E-state index in [0.29, 0.717) is 12.2 Å². The second kappa shape index (κ2) is 5.68. The molecular formula is C11H14ClN5O. The van der Waals surface area contributed by atoms with Gasteiger partial charge in [0.15, 0.2) is 0 Å². The predicted octanol–water partition coefficient (Wildman–Crippen LogP) is 1.33. The first-order valence-corrected chi connectivity index (χ1v) is 6.14. The molecule has 0 saturated carbocycles. The normalized spacial score (nSPS) is 10.6. The highest BCUT2D eigenvalue weighted by atomic mass is 35.5. The van der Waals surface area contributed by atoms with Crippen LogP contribution in [0, 0.1) is 0 Å². The number of nitrogens with zero attached hydrogens (tertiary/aromatic N) is 4. The van der Waals surface area contributed by atoms with Gasteiger partial charge in [0.25, 0.3) is 0 Å². The number of halogens is 1. The first-order valence-electron chi connectivity index (χ1n) is 5.61. The zero-order valence-corrected chi connectivity index (χ0v) is 10.8. The molecule has 96 valence electrons. The summed E-state index contributed by atoms with van der Waals surface area (Å²) in [4.78, 5) is 11.1. The summed E-state index contributed by atoms with van der Waals surface area (Å²) in [7, 11) is 0. The quantitative estimate of drug-likeness (QED) is 0.831. The third kappa shape index (κ3) is 3.10. The molecule has 1 N–H and O–H groups in total. The van der Waals surface area contributed by atoms with Crippen LogP contribution in [0.4, 0.5) is 5.69 Å². The number of carbonyl (C=O) groups excluding carboxylic acids is 1. The molecule has 0 saturated heterocycles. The average Bonchev–Trinajstić information content (AvgIpc) is 2.99. The first kappa shape index (κ1) is 12.6. The van der Waals surface area contributed by atoms with E-state index in [1.165, 1.54) is 0 Å². The Morgan fingerprint density at radius 1 is 1.33 bits per heavy atom. The van der Waals surface area contributed by atoms with Crippen LogP contribution in [0.15, 0.2) is 24.8 Å². The van der Waals surface area contributed by atoms with Gasteiger partial charge in [-0.15, -0.1) is 11.6 Å². The van der Waals surface area contributed by atoms with Crippen molar-refractivity contribution >= 4 is 23.2 Å². The minimum absolute atomic E-state index is 0.0611. The molecule has 0 aromatic carbocycles. The van der Waals surface area contributed by atoms with E-state index >= 15 is 0 Å². The molecule has 18 heavy (non-hydrogen) atoms. The zero-order valence-electron chi connectivity index (χ0n) is 10.0. The Bertz CT molecular complexity index is 533. The maximum atomic E-state index is 11.1. The number of carbonyl (C=O) groups is 1. The fraction of sp³-hybridized carbons (Fsp3) is 0.364. The molecule has 0 fully saturated rings. The van der Waals surface area contributed by atoms with Crippen LogP contribution in [0.3, 0.4) is 0 Å². The molecule has 0 aliphatic rings. The number of rotatable bonds is 5. The summed E-state index contributed by atoms with van der Waals surface area (Å²) in [5.74, 6) is -0.302. The lowest BCUT2D eigenvalue weighted by Gasteiger charge is -1.98. The van der Waals surface area contributed by atoms with E-state index in [4.69, 9.17) is 11.6 Å². The second-order valence-electron chi connectivity index (χ2n) is 3.81. The highest BCUT2D eigenvalue weighted by molar-refractivity contribution is 6.29. The lowest BCUT2D eigenvalue weighted by Crippen LogP contribution is -2.11. The molecule has 2 heterocycles. The van der Waals surface area contributed by atoms with Gasteiger partial charge < -0.3 is 5.32 Å². The summed E-state index contributed by atoms with van der Waals surface area (Å²) in [5, 5.41) is 11.0. The molecule has 6 nitrogen and oxygen atoms in total. The van der Waals surface area contributed by atoms with Crippen molar-refractivity contribution in [2.45, 2.75) is 20.0 Å². The Kier molecular flexibility index (Phi) is 3.99. The maximum absolute atomic E-state index is 11.1. The fourth-order valence-corrected chi connectivity index (χ4v) is 1.62. The predicted molar refractivity (Wildman–Crippen MR) is 68.6 cm³/mol. The molecular weight excluding hydrogens is 254 g/mol. The molecule has 2 aromatic rings. The number of anilines is 1. The molecule has 0 atom stereocenters. The second-order valence-corrected chi connectivity index (χ2v) is 4.08. The fourth-order valence-electron chi connectivity index (χ4n) is 1.56. The van der Waals surface area contributed by atoms with Crippen molar-refractivity contribution in [2.75, 3.05) is 11.2 Å². The third-order valence-corrected chi connectivity index (χ3v) is 2.64. The lowest BCUT2D eigenvalue weighted by atomic mass is 10.4. The number of aryl methyl sites for hydroxylation is 1. The van der Waals surface area contributed by atoms with Crippen LogP contribution in [0.2, 0.25) is 0 Å². The molecule has 7 heteroatoms. The molecule has 0 radical (unpaired) electrons. The van der Waals surface area contributed by atoms with Crippen molar-refractivity contribution in [3.8, 4) is 0 Å². The van der Waals surface area contributed by atoms with Gasteiger partial charge in [-0.3, -0.25) is 14.2 Å². The van der Waals surface area contributed by atoms with E-state index in [1.54, 1.807) is 17.1 Å². The van der Waals surface area contributed by atoms with E-state index < -0.39 is 0 Å². The summed E-state index contributed by atoms with van der Waals surface area (Å²) < 4.78 is 3.59. The lowest BCUT2D eigenvalue weighted by molar-refractivity contribution is -0.113. The van der Waals surface area contributed by atoms with Crippen molar-refractivity contribution in [3.05, 3.63) is 30.4 Å². The molecule has 2 rings (SSSR count). The Morgan fingerprint density at radius 3 is 2.78 bits per heavy atom. The van der Waals surface area contributed by atoms with Gasteiger partial charge >= 0.3 is 0 Å². The highest BCUT2D eigenvalue weighted by Gasteiger charge is 2.04. The Hall–Kier alpha value is -1.82. The summed E-state index contributed by atoms with van der Waals surface area (Å²) >= 11 is 5.41. The molecule has 1 amide bonds. The molecule has 0 aliphatic carbocycles. The van der Waals surface area contributed by atoms with Crippen molar-refractivity contribution in [1.82, 2.24) is 19.6 Å². The molecule has 0 aliphatic heterocycles. The van der Waals surface area contributed by atoms with E-state index in [-0.39, 0.29) is 11.8 Å². The maximum Gasteiger partial charge on any atom is 0.239 e. The number of hydrogen-bond acceptors (Lipinski definition) is 3. The Labute approximate surface area is 110 Å². The van der Waals surface area contributed by atoms with Gasteiger partial charge in [-0.25, -0.2) is 0 Å². The smallest absolute Gasteiger partial charge is 0.239 e. The number of nitrogens with one attached hydrogen (secondary N) is 1. The van der Waals surface area contributed by atoms with Gasteiger partial charge in [-0.05, 0) is 6.92 Å². The summed E-state index contributed by atoms with van der Waals surface area (Å²) in [6.45, 7) is 3.50. The van der Waals surface area contributed by atoms with E-state index in [2.05, 4.69) is 15.5 Å². The Morgan fingerprint density at radius 2 is 2.11 bits per heavy atom. The van der Waals surface area contributed by atoms with E-state index in [9.17, 15) is 4.79 Å². The monoisotopic (exact) mass is 267 g/mol. The zero-order chi connectivity index (χ0) is 13.0. The number of amides is 1. The standard InChI is InChI=1S/C11H14ClN5O/c1-2-16-6-9(4-13-16)7-17-8-10(5-14-17)15-11(18)3-12/h4-6,8H,2-3,7H2,1H3,(H,15,18). The summed E-state index contributed by atoms with van der Waals surface area (Å²) in [6.07, 6.45) is 7.13. The Balaban J connectivity index is 1.99. The van der Waals surface area contributed by atoms with Gasteiger partial charge in [0.2, 0.25) is 5.91 Å². The van der Waals surface area contributed by atoms with Crippen LogP contribution in [-0.2, 0) is 17.9 Å². The van der Waals surface area contributed by atoms with E-state index in [1.807, 2.05) is 24.0 Å². The number of alkyl halides is 1. The largest absolute Gasteiger partial charge is 0.322 e. The van der Waals surface area contributed by atoms with Crippen molar-refractivity contribution in [3.63, 3.8) is 0 Å². The highest BCUT2D eigenvalue weighted by Crippen LogP contribution is 2.07. The van der Waals surface area contributed by atoms with Crippen LogP contribution in [0.5, 0.6) is 0 Å². The SMILES string of the molecule is CCn1cc(Cn2cc(NC(=O)CCl)cn2)cn1. The molecule has 0 spiro atoms. The minimum Gasteiger partial charge on any atom is -0.322 e. The van der Waals surface area contributed by atoms with Gasteiger partial charge in [-0.2, -0.15) is 10.2 Å². The van der Waals surface area contributed by atoms with Crippen molar-refractivity contribution in [2.24, 2.45) is 0 Å². The molecule has 0 unspecified atom stereocenters. The van der Waals surface area contributed by atoms with Crippen LogP contribution >= 0.6 is 11.6 Å². The third-order valence-electron chi connectivity index (χ3n) is 2.39. The van der Waals surface area contributed by atoms with Crippen LogP contribution in [0.25, 0.3) is 0 Å². The van der Waals surface area contributed by atoms with Crippen LogP contribution in [-0.4, -0.2) is 31.3 Å². The molecule has 0 bridgehead atoms. The average molecular weight is 268 g/mol. The van der Waals surface area contributed by atoms with Crippen molar-refractivity contribution < 1.29 is 4.79 Å².